The molecule has 3 aromatic rings. The van der Waals surface area contributed by atoms with Crippen LogP contribution in [0.15, 0.2) is 66.7 Å². The molecule has 0 aliphatic carbocycles. The molecule has 0 amide bonds. The zero-order chi connectivity index (χ0) is 17.6. The Hall–Kier alpha value is -2.48. The Morgan fingerprint density at radius 2 is 1.60 bits per heavy atom. The molecule has 0 aliphatic rings. The van der Waals surface area contributed by atoms with E-state index in [0.717, 1.165) is 24.4 Å². The maximum Gasteiger partial charge on any atom is 0.123 e. The van der Waals surface area contributed by atoms with E-state index in [2.05, 4.69) is 86.8 Å². The normalized spacial score (nSPS) is 13.4. The highest BCUT2D eigenvalue weighted by atomic mass is 16.5. The topological polar surface area (TPSA) is 21.3 Å². The summed E-state index contributed by atoms with van der Waals surface area (Å²) in [5.74, 6) is 1.51. The lowest BCUT2D eigenvalue weighted by Gasteiger charge is -2.21. The average molecular weight is 333 g/mol. The Morgan fingerprint density at radius 1 is 0.880 bits per heavy atom. The number of benzene rings is 3. The van der Waals surface area contributed by atoms with Crippen molar-refractivity contribution in [1.29, 1.82) is 0 Å². The van der Waals surface area contributed by atoms with Gasteiger partial charge in [0.15, 0.2) is 0 Å². The second-order valence-electron chi connectivity index (χ2n) is 6.68. The fourth-order valence-electron chi connectivity index (χ4n) is 3.11. The SMILES string of the molecule is CCC(C)c1ccccc1OC(C)CNc1cccc2ccccc12. The van der Waals surface area contributed by atoms with Crippen LogP contribution in [0.3, 0.4) is 0 Å². The molecule has 2 heteroatoms. The Balaban J connectivity index is 1.68. The highest BCUT2D eigenvalue weighted by molar-refractivity contribution is 5.93. The lowest BCUT2D eigenvalue weighted by molar-refractivity contribution is 0.231. The van der Waals surface area contributed by atoms with Crippen LogP contribution < -0.4 is 10.1 Å². The van der Waals surface area contributed by atoms with Gasteiger partial charge in [-0.05, 0) is 42.3 Å². The summed E-state index contributed by atoms with van der Waals surface area (Å²) in [5, 5.41) is 6.05. The lowest BCUT2D eigenvalue weighted by atomic mass is 9.98. The van der Waals surface area contributed by atoms with Gasteiger partial charge < -0.3 is 10.1 Å². The summed E-state index contributed by atoms with van der Waals surface area (Å²) in [6, 6.07) is 23.2. The molecule has 0 saturated heterocycles. The van der Waals surface area contributed by atoms with Crippen molar-refractivity contribution in [3.63, 3.8) is 0 Å². The molecule has 2 atom stereocenters. The van der Waals surface area contributed by atoms with Crippen LogP contribution in [0.5, 0.6) is 5.75 Å². The van der Waals surface area contributed by atoms with Crippen LogP contribution in [0.2, 0.25) is 0 Å². The number of anilines is 1. The molecule has 2 unspecified atom stereocenters. The van der Waals surface area contributed by atoms with Crippen molar-refractivity contribution in [2.75, 3.05) is 11.9 Å². The molecule has 0 bridgehead atoms. The van der Waals surface area contributed by atoms with E-state index in [-0.39, 0.29) is 6.10 Å². The van der Waals surface area contributed by atoms with Gasteiger partial charge in [0, 0.05) is 11.1 Å². The first kappa shape index (κ1) is 17.3. The van der Waals surface area contributed by atoms with Crippen LogP contribution in [0.1, 0.15) is 38.7 Å². The third-order valence-electron chi connectivity index (χ3n) is 4.76. The Morgan fingerprint density at radius 3 is 2.44 bits per heavy atom. The number of fused-ring (bicyclic) bond motifs is 1. The van der Waals surface area contributed by atoms with Gasteiger partial charge in [-0.15, -0.1) is 0 Å². The lowest BCUT2D eigenvalue weighted by Crippen LogP contribution is -2.23. The molecule has 0 fully saturated rings. The molecule has 2 nitrogen and oxygen atoms in total. The van der Waals surface area contributed by atoms with Gasteiger partial charge in [-0.3, -0.25) is 0 Å². The zero-order valence-corrected chi connectivity index (χ0v) is 15.3. The van der Waals surface area contributed by atoms with Crippen molar-refractivity contribution in [2.45, 2.75) is 39.2 Å². The van der Waals surface area contributed by atoms with Gasteiger partial charge in [-0.2, -0.15) is 0 Å². The zero-order valence-electron chi connectivity index (χ0n) is 15.3. The minimum Gasteiger partial charge on any atom is -0.489 e. The quantitative estimate of drug-likeness (QED) is 0.553. The number of nitrogens with one attached hydrogen (secondary N) is 1. The third kappa shape index (κ3) is 4.14. The highest BCUT2D eigenvalue weighted by Gasteiger charge is 2.12. The maximum atomic E-state index is 6.24. The van der Waals surface area contributed by atoms with Gasteiger partial charge in [0.25, 0.3) is 0 Å². The molecular weight excluding hydrogens is 306 g/mol. The summed E-state index contributed by atoms with van der Waals surface area (Å²) in [6.07, 6.45) is 1.20. The summed E-state index contributed by atoms with van der Waals surface area (Å²) in [7, 11) is 0. The molecule has 3 rings (SSSR count). The van der Waals surface area contributed by atoms with Gasteiger partial charge in [0.05, 0.1) is 6.54 Å². The summed E-state index contributed by atoms with van der Waals surface area (Å²) in [5.41, 5.74) is 2.45. The first-order valence-corrected chi connectivity index (χ1v) is 9.16. The molecule has 0 saturated carbocycles. The standard InChI is InChI=1S/C23H27NO/c1-4-17(2)20-12-7-8-15-23(20)25-18(3)16-24-22-14-9-11-19-10-5-6-13-21(19)22/h5-15,17-18,24H,4,16H2,1-3H3. The van der Waals surface area contributed by atoms with Crippen molar-refractivity contribution in [3.05, 3.63) is 72.3 Å². The highest BCUT2D eigenvalue weighted by Crippen LogP contribution is 2.29. The van der Waals surface area contributed by atoms with Crippen LogP contribution >= 0.6 is 0 Å². The Bertz CT molecular complexity index is 822. The fourth-order valence-corrected chi connectivity index (χ4v) is 3.11. The predicted octanol–water partition coefficient (Wildman–Crippen LogP) is 6.23. The molecule has 130 valence electrons. The van der Waals surface area contributed by atoms with Crippen LogP contribution in [0.25, 0.3) is 10.8 Å². The van der Waals surface area contributed by atoms with Crippen LogP contribution in [0.4, 0.5) is 5.69 Å². The van der Waals surface area contributed by atoms with Crippen LogP contribution in [-0.2, 0) is 0 Å². The van der Waals surface area contributed by atoms with Crippen molar-refractivity contribution < 1.29 is 4.74 Å². The summed E-state index contributed by atoms with van der Waals surface area (Å²) in [6.45, 7) is 7.35. The average Bonchev–Trinajstić information content (AvgIpc) is 2.66. The van der Waals surface area contributed by atoms with E-state index in [0.29, 0.717) is 5.92 Å². The summed E-state index contributed by atoms with van der Waals surface area (Å²) >= 11 is 0. The molecule has 0 spiro atoms. The first-order valence-electron chi connectivity index (χ1n) is 9.16. The van der Waals surface area contributed by atoms with E-state index < -0.39 is 0 Å². The smallest absolute Gasteiger partial charge is 0.123 e. The second kappa shape index (κ2) is 8.06. The monoisotopic (exact) mass is 333 g/mol. The largest absolute Gasteiger partial charge is 0.489 e. The van der Waals surface area contributed by atoms with Gasteiger partial charge in [0.2, 0.25) is 0 Å². The molecule has 0 aromatic heterocycles. The number of rotatable bonds is 7. The molecule has 3 aromatic carbocycles. The van der Waals surface area contributed by atoms with Crippen molar-refractivity contribution >= 4 is 16.5 Å². The van der Waals surface area contributed by atoms with E-state index in [1.54, 1.807) is 0 Å². The summed E-state index contributed by atoms with van der Waals surface area (Å²) in [4.78, 5) is 0. The van der Waals surface area contributed by atoms with Gasteiger partial charge in [-0.1, -0.05) is 68.4 Å². The predicted molar refractivity (Wildman–Crippen MR) is 108 cm³/mol. The van der Waals surface area contributed by atoms with Gasteiger partial charge >= 0.3 is 0 Å². The number of para-hydroxylation sites is 1. The fraction of sp³-hybridized carbons (Fsp3) is 0.304. The van der Waals surface area contributed by atoms with Crippen molar-refractivity contribution in [1.82, 2.24) is 0 Å². The van der Waals surface area contributed by atoms with Gasteiger partial charge in [-0.25, -0.2) is 0 Å². The third-order valence-corrected chi connectivity index (χ3v) is 4.76. The van der Waals surface area contributed by atoms with Gasteiger partial charge in [0.1, 0.15) is 11.9 Å². The first-order chi connectivity index (χ1) is 12.2. The molecular formula is C23H27NO. The molecule has 0 heterocycles. The second-order valence-corrected chi connectivity index (χ2v) is 6.68. The van der Waals surface area contributed by atoms with E-state index in [9.17, 15) is 0 Å². The summed E-state index contributed by atoms with van der Waals surface area (Å²) < 4.78 is 6.24. The maximum absolute atomic E-state index is 6.24. The van der Waals surface area contributed by atoms with E-state index in [1.165, 1.54) is 16.3 Å². The molecule has 0 radical (unpaired) electrons. The Kier molecular flexibility index (Phi) is 5.60. The van der Waals surface area contributed by atoms with Crippen molar-refractivity contribution in [2.24, 2.45) is 0 Å². The number of hydrogen-bond acceptors (Lipinski definition) is 2. The van der Waals surface area contributed by atoms with E-state index >= 15 is 0 Å². The van der Waals surface area contributed by atoms with Crippen LogP contribution in [-0.4, -0.2) is 12.6 Å². The minimum atomic E-state index is 0.0872. The molecule has 25 heavy (non-hydrogen) atoms. The number of hydrogen-bond donors (Lipinski definition) is 1. The van der Waals surface area contributed by atoms with E-state index in [1.807, 2.05) is 6.07 Å². The van der Waals surface area contributed by atoms with E-state index in [4.69, 9.17) is 4.74 Å². The van der Waals surface area contributed by atoms with Crippen LogP contribution in [0, 0.1) is 0 Å². The van der Waals surface area contributed by atoms with Crippen molar-refractivity contribution in [3.8, 4) is 5.75 Å². The molecule has 0 aliphatic heterocycles. The minimum absolute atomic E-state index is 0.0872. The Labute approximate surface area is 150 Å². The molecule has 1 N–H and O–H groups in total. The number of ether oxygens (including phenoxy) is 1.